The van der Waals surface area contributed by atoms with Crippen LogP contribution in [0.15, 0.2) is 52.8 Å². The summed E-state index contributed by atoms with van der Waals surface area (Å²) in [6.07, 6.45) is 3.54. The van der Waals surface area contributed by atoms with E-state index in [-0.39, 0.29) is 0 Å². The summed E-state index contributed by atoms with van der Waals surface area (Å²) in [7, 11) is 1.86. The van der Waals surface area contributed by atoms with Crippen molar-refractivity contribution >= 4 is 17.3 Å². The van der Waals surface area contributed by atoms with Gasteiger partial charge in [0.15, 0.2) is 5.96 Å². The third-order valence-electron chi connectivity index (χ3n) is 5.46. The minimum atomic E-state index is 0.595. The molecule has 0 bridgehead atoms. The standard InChI is InChI=1S/C23H34N4S/c1-19(15-22-9-6-14-28-22)16-25-23(24-2)26-17-21-11-13-27(18-21)12-10-20-7-4-3-5-8-20/h3-9,14,19,21H,10-13,15-18H2,1-2H3,(H2,24,25,26). The van der Waals surface area contributed by atoms with Crippen molar-refractivity contribution in [1.82, 2.24) is 15.5 Å². The van der Waals surface area contributed by atoms with Crippen molar-refractivity contribution in [2.24, 2.45) is 16.8 Å². The number of benzene rings is 1. The molecule has 2 atom stereocenters. The summed E-state index contributed by atoms with van der Waals surface area (Å²) in [6.45, 7) is 7.80. The molecule has 28 heavy (non-hydrogen) atoms. The largest absolute Gasteiger partial charge is 0.356 e. The van der Waals surface area contributed by atoms with Gasteiger partial charge in [0.1, 0.15) is 0 Å². The SMILES string of the molecule is CN=C(NCC(C)Cc1cccs1)NCC1CCN(CCc2ccccc2)C1. The second-order valence-electron chi connectivity index (χ2n) is 7.91. The van der Waals surface area contributed by atoms with Crippen LogP contribution < -0.4 is 10.6 Å². The Morgan fingerprint density at radius 2 is 2.07 bits per heavy atom. The van der Waals surface area contributed by atoms with Crippen LogP contribution in [-0.2, 0) is 12.8 Å². The van der Waals surface area contributed by atoms with Crippen LogP contribution in [0, 0.1) is 11.8 Å². The molecule has 2 unspecified atom stereocenters. The molecule has 4 nitrogen and oxygen atoms in total. The molecular formula is C23H34N4S. The van der Waals surface area contributed by atoms with Gasteiger partial charge in [-0.05, 0) is 54.7 Å². The number of nitrogens with zero attached hydrogens (tertiary/aromatic N) is 2. The molecule has 0 amide bonds. The average Bonchev–Trinajstić information content (AvgIpc) is 3.39. The van der Waals surface area contributed by atoms with Gasteiger partial charge in [0.25, 0.3) is 0 Å². The Bertz CT molecular complexity index is 699. The summed E-state index contributed by atoms with van der Waals surface area (Å²) in [6, 6.07) is 15.2. The van der Waals surface area contributed by atoms with E-state index < -0.39 is 0 Å². The van der Waals surface area contributed by atoms with E-state index >= 15 is 0 Å². The van der Waals surface area contributed by atoms with Crippen LogP contribution in [0.3, 0.4) is 0 Å². The number of hydrogen-bond donors (Lipinski definition) is 2. The lowest BCUT2D eigenvalue weighted by atomic mass is 10.1. The average molecular weight is 399 g/mol. The van der Waals surface area contributed by atoms with Gasteiger partial charge in [-0.15, -0.1) is 11.3 Å². The summed E-state index contributed by atoms with van der Waals surface area (Å²) in [5.74, 6) is 2.23. The monoisotopic (exact) mass is 398 g/mol. The number of likely N-dealkylation sites (tertiary alicyclic amines) is 1. The lowest BCUT2D eigenvalue weighted by Gasteiger charge is -2.19. The van der Waals surface area contributed by atoms with Crippen LogP contribution in [0.1, 0.15) is 23.8 Å². The molecule has 0 radical (unpaired) electrons. The molecule has 2 N–H and O–H groups in total. The predicted octanol–water partition coefficient (Wildman–Crippen LogP) is 3.66. The Kier molecular flexibility index (Phi) is 8.37. The van der Waals surface area contributed by atoms with Crippen LogP contribution in [0.2, 0.25) is 0 Å². The summed E-state index contributed by atoms with van der Waals surface area (Å²) < 4.78 is 0. The van der Waals surface area contributed by atoms with E-state index in [1.54, 1.807) is 0 Å². The Labute approximate surface area is 174 Å². The second kappa shape index (κ2) is 11.2. The number of hydrogen-bond acceptors (Lipinski definition) is 3. The molecule has 2 aromatic rings. The number of aliphatic imine (C=N–C) groups is 1. The lowest BCUT2D eigenvalue weighted by Crippen LogP contribution is -2.42. The molecule has 1 fully saturated rings. The first kappa shape index (κ1) is 20.9. The molecule has 1 aliphatic heterocycles. The van der Waals surface area contributed by atoms with Gasteiger partial charge in [0.05, 0.1) is 0 Å². The molecule has 5 heteroatoms. The summed E-state index contributed by atoms with van der Waals surface area (Å²) in [5.41, 5.74) is 1.44. The molecule has 1 aliphatic rings. The van der Waals surface area contributed by atoms with Crippen LogP contribution in [0.5, 0.6) is 0 Å². The molecule has 1 saturated heterocycles. The molecule has 0 spiro atoms. The number of nitrogens with one attached hydrogen (secondary N) is 2. The minimum Gasteiger partial charge on any atom is -0.356 e. The fourth-order valence-corrected chi connectivity index (χ4v) is 4.66. The highest BCUT2D eigenvalue weighted by Gasteiger charge is 2.22. The molecule has 1 aromatic carbocycles. The lowest BCUT2D eigenvalue weighted by molar-refractivity contribution is 0.328. The quantitative estimate of drug-likeness (QED) is 0.500. The Morgan fingerprint density at radius 1 is 1.21 bits per heavy atom. The van der Waals surface area contributed by atoms with Gasteiger partial charge in [-0.25, -0.2) is 0 Å². The number of guanidine groups is 1. The number of rotatable bonds is 9. The van der Waals surface area contributed by atoms with Gasteiger partial charge in [-0.3, -0.25) is 4.99 Å². The summed E-state index contributed by atoms with van der Waals surface area (Å²) in [5, 5.41) is 9.18. The van der Waals surface area contributed by atoms with Gasteiger partial charge in [0.2, 0.25) is 0 Å². The van der Waals surface area contributed by atoms with Crippen LogP contribution in [0.25, 0.3) is 0 Å². The zero-order valence-electron chi connectivity index (χ0n) is 17.2. The highest BCUT2D eigenvalue weighted by atomic mass is 32.1. The van der Waals surface area contributed by atoms with E-state index in [1.165, 1.54) is 30.0 Å². The van der Waals surface area contributed by atoms with Gasteiger partial charge < -0.3 is 15.5 Å². The van der Waals surface area contributed by atoms with Crippen molar-refractivity contribution < 1.29 is 0 Å². The van der Waals surface area contributed by atoms with E-state index in [9.17, 15) is 0 Å². The third kappa shape index (κ3) is 6.95. The van der Waals surface area contributed by atoms with Crippen molar-refractivity contribution in [3.05, 3.63) is 58.3 Å². The zero-order valence-corrected chi connectivity index (χ0v) is 18.0. The van der Waals surface area contributed by atoms with Gasteiger partial charge in [0, 0.05) is 38.1 Å². The normalized spacial score (nSPS) is 18.9. The zero-order chi connectivity index (χ0) is 19.6. The minimum absolute atomic E-state index is 0.595. The van der Waals surface area contributed by atoms with Gasteiger partial charge in [-0.2, -0.15) is 0 Å². The van der Waals surface area contributed by atoms with Crippen molar-refractivity contribution in [1.29, 1.82) is 0 Å². The predicted molar refractivity (Wildman–Crippen MR) is 121 cm³/mol. The number of thiophene rings is 1. The smallest absolute Gasteiger partial charge is 0.190 e. The maximum atomic E-state index is 4.40. The van der Waals surface area contributed by atoms with Crippen molar-refractivity contribution in [3.8, 4) is 0 Å². The van der Waals surface area contributed by atoms with Crippen LogP contribution in [-0.4, -0.2) is 50.6 Å². The van der Waals surface area contributed by atoms with Crippen LogP contribution >= 0.6 is 11.3 Å². The molecule has 3 rings (SSSR count). The molecule has 0 aliphatic carbocycles. The second-order valence-corrected chi connectivity index (χ2v) is 8.95. The fourth-order valence-electron chi connectivity index (χ4n) is 3.79. The first-order valence-corrected chi connectivity index (χ1v) is 11.3. The fraction of sp³-hybridized carbons (Fsp3) is 0.522. The Hall–Kier alpha value is -1.85. The first-order valence-electron chi connectivity index (χ1n) is 10.5. The van der Waals surface area contributed by atoms with Gasteiger partial charge in [-0.1, -0.05) is 43.3 Å². The summed E-state index contributed by atoms with van der Waals surface area (Å²) in [4.78, 5) is 8.45. The maximum Gasteiger partial charge on any atom is 0.190 e. The molecule has 152 valence electrons. The third-order valence-corrected chi connectivity index (χ3v) is 6.36. The topological polar surface area (TPSA) is 39.7 Å². The van der Waals surface area contributed by atoms with Crippen molar-refractivity contribution in [3.63, 3.8) is 0 Å². The molecular weight excluding hydrogens is 364 g/mol. The first-order chi connectivity index (χ1) is 13.7. The highest BCUT2D eigenvalue weighted by Crippen LogP contribution is 2.16. The van der Waals surface area contributed by atoms with E-state index in [0.29, 0.717) is 11.8 Å². The van der Waals surface area contributed by atoms with Gasteiger partial charge >= 0.3 is 0 Å². The van der Waals surface area contributed by atoms with Crippen molar-refractivity contribution in [2.75, 3.05) is 39.8 Å². The molecule has 1 aromatic heterocycles. The van der Waals surface area contributed by atoms with E-state index in [2.05, 4.69) is 75.3 Å². The van der Waals surface area contributed by atoms with E-state index in [4.69, 9.17) is 0 Å². The van der Waals surface area contributed by atoms with Crippen molar-refractivity contribution in [2.45, 2.75) is 26.2 Å². The van der Waals surface area contributed by atoms with Crippen LogP contribution in [0.4, 0.5) is 0 Å². The maximum absolute atomic E-state index is 4.40. The van der Waals surface area contributed by atoms with E-state index in [0.717, 1.165) is 38.4 Å². The summed E-state index contributed by atoms with van der Waals surface area (Å²) >= 11 is 1.84. The van der Waals surface area contributed by atoms with E-state index in [1.807, 2.05) is 18.4 Å². The molecule has 0 saturated carbocycles. The highest BCUT2D eigenvalue weighted by molar-refractivity contribution is 7.09. The Balaban J connectivity index is 1.31. The molecule has 2 heterocycles. The Morgan fingerprint density at radius 3 is 2.82 bits per heavy atom.